The Bertz CT molecular complexity index is 593. The van der Waals surface area contributed by atoms with Crippen LogP contribution in [0.25, 0.3) is 0 Å². The lowest BCUT2D eigenvalue weighted by Gasteiger charge is -2.17. The zero-order valence-electron chi connectivity index (χ0n) is 12.2. The van der Waals surface area contributed by atoms with Crippen LogP contribution in [0, 0.1) is 0 Å². The number of aromatic carboxylic acids is 1. The van der Waals surface area contributed by atoms with Crippen molar-refractivity contribution in [2.24, 2.45) is 0 Å². The summed E-state index contributed by atoms with van der Waals surface area (Å²) in [5.41, 5.74) is 2.72. The quantitative estimate of drug-likeness (QED) is 0.825. The molecule has 0 aromatic heterocycles. The van der Waals surface area contributed by atoms with E-state index in [-0.39, 0.29) is 0 Å². The molecule has 4 heteroatoms. The number of benzene rings is 2. The predicted octanol–water partition coefficient (Wildman–Crippen LogP) is 3.74. The van der Waals surface area contributed by atoms with Gasteiger partial charge < -0.3 is 5.11 Å². The highest BCUT2D eigenvalue weighted by Gasteiger charge is 2.05. The van der Waals surface area contributed by atoms with Gasteiger partial charge in [-0.3, -0.25) is 4.90 Å². The lowest BCUT2D eigenvalue weighted by atomic mass is 10.1. The van der Waals surface area contributed by atoms with Crippen molar-refractivity contribution in [2.45, 2.75) is 18.0 Å². The first-order chi connectivity index (χ1) is 10.1. The molecular formula is C17H19NO2S. The van der Waals surface area contributed by atoms with Crippen LogP contribution < -0.4 is 0 Å². The van der Waals surface area contributed by atoms with Gasteiger partial charge in [-0.15, -0.1) is 11.8 Å². The first kappa shape index (κ1) is 15.6. The fourth-order valence-corrected chi connectivity index (χ4v) is 2.57. The summed E-state index contributed by atoms with van der Waals surface area (Å²) in [6, 6.07) is 15.6. The smallest absolute Gasteiger partial charge is 0.335 e. The summed E-state index contributed by atoms with van der Waals surface area (Å²) < 4.78 is 0. The van der Waals surface area contributed by atoms with E-state index < -0.39 is 5.97 Å². The Kier molecular flexibility index (Phi) is 5.42. The zero-order valence-corrected chi connectivity index (χ0v) is 13.1. The zero-order chi connectivity index (χ0) is 15.2. The Hall–Kier alpha value is -1.78. The van der Waals surface area contributed by atoms with Crippen LogP contribution in [0.5, 0.6) is 0 Å². The van der Waals surface area contributed by atoms with E-state index in [4.69, 9.17) is 5.11 Å². The summed E-state index contributed by atoms with van der Waals surface area (Å²) in [5.74, 6) is -0.885. The molecule has 0 unspecified atom stereocenters. The molecule has 2 aromatic carbocycles. The van der Waals surface area contributed by atoms with Gasteiger partial charge in [-0.1, -0.05) is 24.3 Å². The molecule has 0 saturated heterocycles. The van der Waals surface area contributed by atoms with Gasteiger partial charge >= 0.3 is 5.97 Å². The number of nitrogens with zero attached hydrogens (tertiary/aromatic N) is 1. The average molecular weight is 301 g/mol. The van der Waals surface area contributed by atoms with Crippen molar-refractivity contribution in [3.63, 3.8) is 0 Å². The molecule has 1 N–H and O–H groups in total. The molecule has 0 heterocycles. The van der Waals surface area contributed by atoms with E-state index in [2.05, 4.69) is 42.5 Å². The van der Waals surface area contributed by atoms with Gasteiger partial charge in [0.05, 0.1) is 5.56 Å². The van der Waals surface area contributed by atoms with Gasteiger partial charge in [-0.05, 0) is 48.7 Å². The second-order valence-electron chi connectivity index (χ2n) is 5.02. The fourth-order valence-electron chi connectivity index (χ4n) is 2.16. The Labute approximate surface area is 129 Å². The molecule has 2 aromatic rings. The van der Waals surface area contributed by atoms with Crippen LogP contribution in [0.2, 0.25) is 0 Å². The van der Waals surface area contributed by atoms with Crippen LogP contribution in [-0.4, -0.2) is 29.3 Å². The topological polar surface area (TPSA) is 40.5 Å². The van der Waals surface area contributed by atoms with Gasteiger partial charge in [0.25, 0.3) is 0 Å². The molecule has 0 spiro atoms. The van der Waals surface area contributed by atoms with Crippen LogP contribution in [0.3, 0.4) is 0 Å². The Morgan fingerprint density at radius 3 is 1.90 bits per heavy atom. The highest BCUT2D eigenvalue weighted by atomic mass is 32.2. The van der Waals surface area contributed by atoms with Gasteiger partial charge in [0.15, 0.2) is 0 Å². The van der Waals surface area contributed by atoms with Crippen LogP contribution in [0.15, 0.2) is 53.4 Å². The van der Waals surface area contributed by atoms with Crippen molar-refractivity contribution in [2.75, 3.05) is 13.3 Å². The van der Waals surface area contributed by atoms with Gasteiger partial charge in [0.2, 0.25) is 0 Å². The summed E-state index contributed by atoms with van der Waals surface area (Å²) in [7, 11) is 2.06. The van der Waals surface area contributed by atoms with Crippen LogP contribution >= 0.6 is 11.8 Å². The molecule has 0 radical (unpaired) electrons. The van der Waals surface area contributed by atoms with Crippen molar-refractivity contribution < 1.29 is 9.90 Å². The SMILES string of the molecule is CSc1ccc(CN(C)Cc2ccc(C(=O)O)cc2)cc1. The minimum absolute atomic E-state index is 0.328. The van der Waals surface area contributed by atoms with E-state index in [0.29, 0.717) is 5.56 Å². The summed E-state index contributed by atoms with van der Waals surface area (Å²) >= 11 is 1.74. The lowest BCUT2D eigenvalue weighted by Crippen LogP contribution is -2.17. The van der Waals surface area contributed by atoms with Crippen molar-refractivity contribution in [1.82, 2.24) is 4.90 Å². The van der Waals surface area contributed by atoms with Crippen molar-refractivity contribution in [1.29, 1.82) is 0 Å². The van der Waals surface area contributed by atoms with Gasteiger partial charge in [-0.2, -0.15) is 0 Å². The number of carboxylic acids is 1. The molecule has 21 heavy (non-hydrogen) atoms. The predicted molar refractivity (Wildman–Crippen MR) is 86.8 cm³/mol. The molecule has 0 bridgehead atoms. The third-order valence-electron chi connectivity index (χ3n) is 3.26. The van der Waals surface area contributed by atoms with Gasteiger partial charge in [0.1, 0.15) is 0 Å². The molecule has 2 rings (SSSR count). The largest absolute Gasteiger partial charge is 0.478 e. The van der Waals surface area contributed by atoms with E-state index in [1.165, 1.54) is 10.5 Å². The monoisotopic (exact) mass is 301 g/mol. The minimum atomic E-state index is -0.885. The molecule has 3 nitrogen and oxygen atoms in total. The highest BCUT2D eigenvalue weighted by molar-refractivity contribution is 7.98. The first-order valence-electron chi connectivity index (χ1n) is 6.72. The maximum absolute atomic E-state index is 10.8. The van der Waals surface area contributed by atoms with E-state index in [1.807, 2.05) is 12.1 Å². The molecule has 110 valence electrons. The standard InChI is InChI=1S/C17H19NO2S/c1-18(12-14-5-9-16(21-2)10-6-14)11-13-3-7-15(8-4-13)17(19)20/h3-10H,11-12H2,1-2H3,(H,19,20). The fraction of sp³-hybridized carbons (Fsp3) is 0.235. The number of hydrogen-bond acceptors (Lipinski definition) is 3. The molecule has 0 saturated carbocycles. The normalized spacial score (nSPS) is 10.8. The van der Waals surface area contributed by atoms with Crippen LogP contribution in [-0.2, 0) is 13.1 Å². The third kappa shape index (κ3) is 4.62. The second kappa shape index (κ2) is 7.29. The number of carbonyl (C=O) groups is 1. The minimum Gasteiger partial charge on any atom is -0.478 e. The second-order valence-corrected chi connectivity index (χ2v) is 5.90. The molecule has 0 amide bonds. The third-order valence-corrected chi connectivity index (χ3v) is 4.01. The summed E-state index contributed by atoms with van der Waals surface area (Å²) in [4.78, 5) is 14.3. The van der Waals surface area contributed by atoms with Crippen molar-refractivity contribution in [3.8, 4) is 0 Å². The first-order valence-corrected chi connectivity index (χ1v) is 7.94. The Balaban J connectivity index is 1.94. The lowest BCUT2D eigenvalue weighted by molar-refractivity contribution is 0.0697. The molecule has 0 aliphatic carbocycles. The summed E-state index contributed by atoms with van der Waals surface area (Å²) in [5, 5.41) is 8.88. The van der Waals surface area contributed by atoms with E-state index in [9.17, 15) is 4.79 Å². The number of thioether (sulfide) groups is 1. The van der Waals surface area contributed by atoms with Crippen molar-refractivity contribution >= 4 is 17.7 Å². The summed E-state index contributed by atoms with van der Waals surface area (Å²) in [6.07, 6.45) is 2.07. The summed E-state index contributed by atoms with van der Waals surface area (Å²) in [6.45, 7) is 1.67. The van der Waals surface area contributed by atoms with Gasteiger partial charge in [0, 0.05) is 18.0 Å². The van der Waals surface area contributed by atoms with E-state index in [0.717, 1.165) is 18.7 Å². The van der Waals surface area contributed by atoms with E-state index >= 15 is 0 Å². The number of carboxylic acid groups (broad SMARTS) is 1. The molecular weight excluding hydrogens is 282 g/mol. The average Bonchev–Trinajstić information content (AvgIpc) is 2.48. The van der Waals surface area contributed by atoms with Gasteiger partial charge in [-0.25, -0.2) is 4.79 Å². The molecule has 0 aliphatic heterocycles. The molecule has 0 atom stereocenters. The highest BCUT2D eigenvalue weighted by Crippen LogP contribution is 2.16. The molecule has 0 fully saturated rings. The Morgan fingerprint density at radius 1 is 1.00 bits per heavy atom. The van der Waals surface area contributed by atoms with Crippen LogP contribution in [0.1, 0.15) is 21.5 Å². The maximum atomic E-state index is 10.8. The Morgan fingerprint density at radius 2 is 1.48 bits per heavy atom. The maximum Gasteiger partial charge on any atom is 0.335 e. The molecule has 0 aliphatic rings. The van der Waals surface area contributed by atoms with Crippen LogP contribution in [0.4, 0.5) is 0 Å². The number of rotatable bonds is 6. The number of hydrogen-bond donors (Lipinski definition) is 1. The van der Waals surface area contributed by atoms with E-state index in [1.54, 1.807) is 23.9 Å². The van der Waals surface area contributed by atoms with Crippen molar-refractivity contribution in [3.05, 3.63) is 65.2 Å².